The second kappa shape index (κ2) is 17.9. The van der Waals surface area contributed by atoms with Crippen molar-refractivity contribution in [2.24, 2.45) is 34.5 Å². The van der Waals surface area contributed by atoms with Gasteiger partial charge in [-0.1, -0.05) is 107 Å². The number of carbonyl (C=O) groups is 6. The van der Waals surface area contributed by atoms with E-state index in [2.05, 4.69) is 5.32 Å². The van der Waals surface area contributed by atoms with Crippen LogP contribution in [0.5, 0.6) is 0 Å². The van der Waals surface area contributed by atoms with Gasteiger partial charge in [0.15, 0.2) is 17.5 Å². The molecule has 4 aliphatic carbocycles. The third-order valence-electron chi connectivity index (χ3n) is 15.9. The Balaban J connectivity index is 1.28. The SMILES string of the molecule is CC(=O)O[C@H]1C(=O)[C@@]2(C)C([C@H](OC(=O)c3ccccc3)[C@]3(O)C[C@H](OC(=O)[C@H](C)[C@@H](NC(=O)c4ccccc4)c4ccccc4)C(C)=C1C3(C)C)[C@]1(OC(=O)C3CCCC3)CO[C@@H]1C[C@@H]2C. The number of amides is 1. The predicted molar refractivity (Wildman–Crippen MR) is 240 cm³/mol. The Hall–Kier alpha value is -5.66. The fourth-order valence-electron chi connectivity index (χ4n) is 11.8. The molecule has 11 atom stereocenters. The molecule has 1 heterocycles. The Morgan fingerprint density at radius 3 is 2.00 bits per heavy atom. The van der Waals surface area contributed by atoms with Crippen LogP contribution in [-0.2, 0) is 42.9 Å². The number of rotatable bonds is 11. The first-order valence-corrected chi connectivity index (χ1v) is 23.2. The van der Waals surface area contributed by atoms with E-state index in [1.54, 1.807) is 120 Å². The lowest BCUT2D eigenvalue weighted by Gasteiger charge is -2.68. The Labute approximate surface area is 385 Å². The van der Waals surface area contributed by atoms with Gasteiger partial charge in [0.1, 0.15) is 23.9 Å². The quantitative estimate of drug-likeness (QED) is 0.110. The minimum atomic E-state index is -2.20. The smallest absolute Gasteiger partial charge is 0.338 e. The van der Waals surface area contributed by atoms with Gasteiger partial charge >= 0.3 is 23.9 Å². The lowest BCUT2D eigenvalue weighted by atomic mass is 9.43. The van der Waals surface area contributed by atoms with E-state index in [1.165, 1.54) is 6.92 Å². The van der Waals surface area contributed by atoms with Crippen molar-refractivity contribution in [2.45, 2.75) is 129 Å². The maximum Gasteiger partial charge on any atom is 0.338 e. The Morgan fingerprint density at radius 2 is 1.42 bits per heavy atom. The molecule has 350 valence electrons. The van der Waals surface area contributed by atoms with Crippen molar-refractivity contribution in [1.82, 2.24) is 5.32 Å². The molecule has 8 rings (SSSR count). The summed E-state index contributed by atoms with van der Waals surface area (Å²) >= 11 is 0. The molecule has 3 aromatic rings. The lowest BCUT2D eigenvalue weighted by Crippen LogP contribution is -2.81. The van der Waals surface area contributed by atoms with Gasteiger partial charge in [0.05, 0.1) is 36.0 Å². The first-order valence-electron chi connectivity index (χ1n) is 23.2. The van der Waals surface area contributed by atoms with Crippen LogP contribution >= 0.6 is 0 Å². The van der Waals surface area contributed by atoms with Crippen LogP contribution in [0.15, 0.2) is 102 Å². The van der Waals surface area contributed by atoms with Crippen LogP contribution in [0, 0.1) is 34.5 Å². The number of ether oxygens (including phenoxy) is 5. The third kappa shape index (κ3) is 7.85. The van der Waals surface area contributed by atoms with Crippen molar-refractivity contribution in [2.75, 3.05) is 6.61 Å². The zero-order valence-electron chi connectivity index (χ0n) is 38.7. The van der Waals surface area contributed by atoms with Crippen molar-refractivity contribution in [3.05, 3.63) is 119 Å². The van der Waals surface area contributed by atoms with Gasteiger partial charge in [0, 0.05) is 29.7 Å². The maximum absolute atomic E-state index is 15.9. The van der Waals surface area contributed by atoms with E-state index in [0.29, 0.717) is 29.5 Å². The van der Waals surface area contributed by atoms with Crippen molar-refractivity contribution in [1.29, 1.82) is 0 Å². The molecule has 0 radical (unpaired) electrons. The summed E-state index contributed by atoms with van der Waals surface area (Å²) in [4.78, 5) is 86.4. The highest BCUT2D eigenvalue weighted by Crippen LogP contribution is 2.66. The van der Waals surface area contributed by atoms with Gasteiger partial charge in [-0.25, -0.2) is 4.79 Å². The van der Waals surface area contributed by atoms with Gasteiger partial charge in [0.25, 0.3) is 5.91 Å². The number of carbonyl (C=O) groups excluding carboxylic acids is 6. The second-order valence-corrected chi connectivity index (χ2v) is 19.9. The lowest BCUT2D eigenvalue weighted by molar-refractivity contribution is -0.341. The molecule has 5 aliphatic rings. The molecule has 1 amide bonds. The predicted octanol–water partition coefficient (Wildman–Crippen LogP) is 7.46. The molecule has 1 unspecified atom stereocenters. The number of fused-ring (bicyclic) bond motifs is 5. The molecule has 2 N–H and O–H groups in total. The molecular formula is C53H61NO12. The summed E-state index contributed by atoms with van der Waals surface area (Å²) in [6.07, 6.45) is -2.26. The fourth-order valence-corrected chi connectivity index (χ4v) is 11.8. The molecule has 1 aliphatic heterocycles. The molecule has 4 fully saturated rings. The van der Waals surface area contributed by atoms with E-state index in [-0.39, 0.29) is 36.5 Å². The first-order chi connectivity index (χ1) is 31.3. The largest absolute Gasteiger partial charge is 0.457 e. The number of benzene rings is 3. The highest BCUT2D eigenvalue weighted by molar-refractivity contribution is 5.96. The summed E-state index contributed by atoms with van der Waals surface area (Å²) in [5.41, 5.74) is -5.06. The number of Topliss-reactive ketones (excluding diaryl/α,β-unsaturated/α-hetero) is 1. The minimum Gasteiger partial charge on any atom is -0.457 e. The highest BCUT2D eigenvalue weighted by atomic mass is 16.6. The van der Waals surface area contributed by atoms with E-state index < -0.39 is 106 Å². The summed E-state index contributed by atoms with van der Waals surface area (Å²) in [7, 11) is 0. The number of aliphatic hydroxyl groups is 1. The normalized spacial score (nSPS) is 32.2. The zero-order valence-corrected chi connectivity index (χ0v) is 38.7. The van der Waals surface area contributed by atoms with Gasteiger partial charge in [-0.05, 0) is 80.0 Å². The number of nitrogens with one attached hydrogen (secondary N) is 1. The van der Waals surface area contributed by atoms with Gasteiger partial charge < -0.3 is 34.1 Å². The molecule has 0 aromatic heterocycles. The summed E-state index contributed by atoms with van der Waals surface area (Å²) in [6.45, 7) is 11.4. The van der Waals surface area contributed by atoms with E-state index in [4.69, 9.17) is 23.7 Å². The molecule has 3 saturated carbocycles. The Morgan fingerprint density at radius 1 is 0.833 bits per heavy atom. The van der Waals surface area contributed by atoms with Crippen LogP contribution in [0.2, 0.25) is 0 Å². The minimum absolute atomic E-state index is 0.141. The Kier molecular flexibility index (Phi) is 12.7. The van der Waals surface area contributed by atoms with Crippen LogP contribution in [0.1, 0.15) is 119 Å². The number of esters is 4. The van der Waals surface area contributed by atoms with Crippen molar-refractivity contribution < 1.29 is 57.6 Å². The van der Waals surface area contributed by atoms with Gasteiger partial charge in [-0.15, -0.1) is 0 Å². The molecule has 13 nitrogen and oxygen atoms in total. The number of hydrogen-bond donors (Lipinski definition) is 2. The molecule has 13 heteroatoms. The van der Waals surface area contributed by atoms with Crippen LogP contribution in [0.25, 0.3) is 0 Å². The van der Waals surface area contributed by atoms with Crippen LogP contribution in [0.3, 0.4) is 0 Å². The van der Waals surface area contributed by atoms with Gasteiger partial charge in [0.2, 0.25) is 0 Å². The van der Waals surface area contributed by atoms with E-state index in [9.17, 15) is 29.1 Å². The van der Waals surface area contributed by atoms with Crippen LogP contribution in [-0.4, -0.2) is 82.9 Å². The summed E-state index contributed by atoms with van der Waals surface area (Å²) in [5, 5.41) is 17.1. The molecule has 2 bridgehead atoms. The number of ketones is 1. The van der Waals surface area contributed by atoms with Crippen LogP contribution in [0.4, 0.5) is 0 Å². The highest BCUT2D eigenvalue weighted by Gasteiger charge is 2.78. The fraction of sp³-hybridized carbons (Fsp3) is 0.509. The molecule has 1 saturated heterocycles. The van der Waals surface area contributed by atoms with Gasteiger partial charge in [-0.2, -0.15) is 0 Å². The van der Waals surface area contributed by atoms with Crippen molar-refractivity contribution in [3.63, 3.8) is 0 Å². The van der Waals surface area contributed by atoms with Crippen molar-refractivity contribution >= 4 is 35.6 Å². The molecule has 0 spiro atoms. The average Bonchev–Trinajstić information content (AvgIpc) is 3.85. The summed E-state index contributed by atoms with van der Waals surface area (Å²) < 4.78 is 32.1. The van der Waals surface area contributed by atoms with E-state index in [1.807, 2.05) is 13.0 Å². The summed E-state index contributed by atoms with van der Waals surface area (Å²) in [6, 6.07) is 25.1. The Bertz CT molecular complexity index is 2400. The summed E-state index contributed by atoms with van der Waals surface area (Å²) in [5.74, 6) is -6.84. The maximum atomic E-state index is 15.9. The van der Waals surface area contributed by atoms with Gasteiger partial charge in [-0.3, -0.25) is 24.0 Å². The van der Waals surface area contributed by atoms with E-state index in [0.717, 1.165) is 12.8 Å². The topological polar surface area (TPSA) is 181 Å². The van der Waals surface area contributed by atoms with Crippen LogP contribution < -0.4 is 5.32 Å². The van der Waals surface area contributed by atoms with Crippen molar-refractivity contribution in [3.8, 4) is 0 Å². The standard InChI is InChI=1S/C53H61NO12/c1-30-27-39-52(29-62-39,66-49(60)37-25-17-18-26-37)43-45(65-48(59)36-23-15-10-16-24-36)53(61)28-38(31(2)40(50(53,5)6)42(63-33(4)55)44(56)51(30,43)7)64-47(58)32(3)41(34-19-11-8-12-20-34)54-46(57)35-21-13-9-14-22-35/h8-16,19-24,30,32,37-39,41-43,45,61H,17-18,25-29H2,1-7H3,(H,54,57)/t30-,32+,38-,39+,41+,42+,43?,45-,51+,52-,53+/m0/s1. The molecular weight excluding hydrogens is 843 g/mol. The first kappa shape index (κ1) is 46.9. The average molecular weight is 904 g/mol. The third-order valence-corrected chi connectivity index (χ3v) is 15.9. The second-order valence-electron chi connectivity index (χ2n) is 19.9. The number of hydrogen-bond acceptors (Lipinski definition) is 12. The monoisotopic (exact) mass is 903 g/mol. The zero-order chi connectivity index (χ0) is 47.3. The molecule has 66 heavy (non-hydrogen) atoms. The molecule has 3 aromatic carbocycles. The van der Waals surface area contributed by atoms with E-state index >= 15 is 4.79 Å².